The Morgan fingerprint density at radius 2 is 1.91 bits per heavy atom. The topological polar surface area (TPSA) is 29.3 Å². The summed E-state index contributed by atoms with van der Waals surface area (Å²) in [5, 5.41) is 0.789. The third-order valence-corrected chi connectivity index (χ3v) is 4.64. The summed E-state index contributed by atoms with van der Waals surface area (Å²) >= 11 is 5.96. The van der Waals surface area contributed by atoms with Crippen molar-refractivity contribution in [1.29, 1.82) is 0 Å². The second kappa shape index (κ2) is 6.82. The van der Waals surface area contributed by atoms with Crippen molar-refractivity contribution >= 4 is 11.6 Å². The second-order valence-electron chi connectivity index (χ2n) is 6.43. The average molecular weight is 315 g/mol. The van der Waals surface area contributed by atoms with Crippen LogP contribution in [0.15, 0.2) is 48.5 Å². The zero-order chi connectivity index (χ0) is 15.5. The Hall–Kier alpha value is -1.35. The van der Waals surface area contributed by atoms with Crippen molar-refractivity contribution < 1.29 is 0 Å². The highest BCUT2D eigenvalue weighted by atomic mass is 35.5. The molecule has 1 aliphatic rings. The number of rotatable bonds is 3. The number of benzene rings is 2. The van der Waals surface area contributed by atoms with Gasteiger partial charge >= 0.3 is 0 Å². The van der Waals surface area contributed by atoms with Gasteiger partial charge in [0.15, 0.2) is 0 Å². The number of hydrogen-bond acceptors (Lipinski definition) is 2. The van der Waals surface area contributed by atoms with Crippen LogP contribution in [0.3, 0.4) is 0 Å². The molecule has 0 bridgehead atoms. The number of nitrogens with zero attached hydrogens (tertiary/aromatic N) is 1. The Bertz CT molecular complexity index is 624. The Labute approximate surface area is 137 Å². The van der Waals surface area contributed by atoms with E-state index in [0.29, 0.717) is 5.92 Å². The van der Waals surface area contributed by atoms with Gasteiger partial charge in [0.05, 0.1) is 0 Å². The Balaban J connectivity index is 1.72. The number of hydrogen-bond donors (Lipinski definition) is 1. The van der Waals surface area contributed by atoms with Gasteiger partial charge in [-0.1, -0.05) is 53.6 Å². The standard InChI is InChI=1S/C19H23ClN2/c1-14-3-2-4-16(9-14)17-10-19(21)13-22(12-17)11-15-5-7-18(20)8-6-15/h2-9,17,19H,10-13,21H2,1H3. The van der Waals surface area contributed by atoms with E-state index >= 15 is 0 Å². The van der Waals surface area contributed by atoms with E-state index in [1.54, 1.807) is 0 Å². The number of piperidine rings is 1. The molecule has 3 heteroatoms. The maximum atomic E-state index is 6.31. The van der Waals surface area contributed by atoms with Crippen LogP contribution < -0.4 is 5.73 Å². The van der Waals surface area contributed by atoms with Crippen molar-refractivity contribution in [3.05, 3.63) is 70.2 Å². The largest absolute Gasteiger partial charge is 0.327 e. The molecule has 2 aromatic carbocycles. The van der Waals surface area contributed by atoms with Crippen molar-refractivity contribution in [2.45, 2.75) is 31.8 Å². The number of halogens is 1. The quantitative estimate of drug-likeness (QED) is 0.929. The van der Waals surface area contributed by atoms with Gasteiger partial charge in [-0.15, -0.1) is 0 Å². The summed E-state index contributed by atoms with van der Waals surface area (Å²) in [7, 11) is 0. The van der Waals surface area contributed by atoms with Crippen LogP contribution >= 0.6 is 11.6 Å². The van der Waals surface area contributed by atoms with E-state index in [-0.39, 0.29) is 6.04 Å². The minimum absolute atomic E-state index is 0.242. The predicted octanol–water partition coefficient (Wildman–Crippen LogP) is 3.97. The van der Waals surface area contributed by atoms with Gasteiger partial charge in [-0.3, -0.25) is 4.90 Å². The molecule has 116 valence electrons. The Kier molecular flexibility index (Phi) is 4.82. The van der Waals surface area contributed by atoms with E-state index in [4.69, 9.17) is 17.3 Å². The summed E-state index contributed by atoms with van der Waals surface area (Å²) in [6.45, 7) is 5.12. The second-order valence-corrected chi connectivity index (χ2v) is 6.86. The molecule has 0 spiro atoms. The van der Waals surface area contributed by atoms with Gasteiger partial charge in [0, 0.05) is 30.7 Å². The molecule has 2 unspecified atom stereocenters. The van der Waals surface area contributed by atoms with Crippen molar-refractivity contribution in [3.63, 3.8) is 0 Å². The first-order valence-electron chi connectivity index (χ1n) is 7.89. The smallest absolute Gasteiger partial charge is 0.0406 e. The minimum atomic E-state index is 0.242. The van der Waals surface area contributed by atoms with Gasteiger partial charge in [-0.05, 0) is 42.5 Å². The lowest BCUT2D eigenvalue weighted by molar-refractivity contribution is 0.181. The maximum absolute atomic E-state index is 6.31. The monoisotopic (exact) mass is 314 g/mol. The van der Waals surface area contributed by atoms with Crippen molar-refractivity contribution in [1.82, 2.24) is 4.90 Å². The van der Waals surface area contributed by atoms with Crippen LogP contribution in [0.4, 0.5) is 0 Å². The van der Waals surface area contributed by atoms with Crippen molar-refractivity contribution in [2.24, 2.45) is 5.73 Å². The number of likely N-dealkylation sites (tertiary alicyclic amines) is 1. The maximum Gasteiger partial charge on any atom is 0.0406 e. The summed E-state index contributed by atoms with van der Waals surface area (Å²) in [4.78, 5) is 2.46. The van der Waals surface area contributed by atoms with E-state index in [9.17, 15) is 0 Å². The summed E-state index contributed by atoms with van der Waals surface area (Å²) in [5.74, 6) is 0.524. The SMILES string of the molecule is Cc1cccc(C2CC(N)CN(Cc3ccc(Cl)cc3)C2)c1. The summed E-state index contributed by atoms with van der Waals surface area (Å²) < 4.78 is 0. The zero-order valence-corrected chi connectivity index (χ0v) is 13.8. The lowest BCUT2D eigenvalue weighted by Crippen LogP contribution is -2.45. The molecule has 22 heavy (non-hydrogen) atoms. The zero-order valence-electron chi connectivity index (χ0n) is 13.0. The van der Waals surface area contributed by atoms with E-state index < -0.39 is 0 Å². The molecule has 2 aromatic rings. The molecule has 2 nitrogen and oxygen atoms in total. The van der Waals surface area contributed by atoms with Crippen LogP contribution in [-0.2, 0) is 6.54 Å². The van der Waals surface area contributed by atoms with Gasteiger partial charge in [-0.2, -0.15) is 0 Å². The summed E-state index contributed by atoms with van der Waals surface area (Å²) in [5.41, 5.74) is 10.3. The molecule has 0 amide bonds. The van der Waals surface area contributed by atoms with Crippen LogP contribution in [-0.4, -0.2) is 24.0 Å². The fourth-order valence-electron chi connectivity index (χ4n) is 3.38. The third-order valence-electron chi connectivity index (χ3n) is 4.39. The molecule has 0 aliphatic carbocycles. The van der Waals surface area contributed by atoms with Gasteiger partial charge in [-0.25, -0.2) is 0 Å². The molecular formula is C19H23ClN2. The summed E-state index contributed by atoms with van der Waals surface area (Å²) in [6, 6.07) is 17.2. The molecule has 1 heterocycles. The first-order valence-corrected chi connectivity index (χ1v) is 8.27. The summed E-state index contributed by atoms with van der Waals surface area (Å²) in [6.07, 6.45) is 1.07. The highest BCUT2D eigenvalue weighted by Crippen LogP contribution is 2.28. The Morgan fingerprint density at radius 1 is 1.14 bits per heavy atom. The molecule has 3 rings (SSSR count). The van der Waals surface area contributed by atoms with E-state index in [1.807, 2.05) is 12.1 Å². The molecule has 2 N–H and O–H groups in total. The molecule has 2 atom stereocenters. The van der Waals surface area contributed by atoms with Crippen LogP contribution in [0.1, 0.15) is 29.0 Å². The van der Waals surface area contributed by atoms with E-state index in [1.165, 1.54) is 16.7 Å². The number of nitrogens with two attached hydrogens (primary N) is 1. The molecule has 0 aromatic heterocycles. The molecule has 0 radical (unpaired) electrons. The van der Waals surface area contributed by atoms with Crippen LogP contribution in [0.5, 0.6) is 0 Å². The first kappa shape index (κ1) is 15.5. The van der Waals surface area contributed by atoms with Gasteiger partial charge in [0.2, 0.25) is 0 Å². The van der Waals surface area contributed by atoms with Gasteiger partial charge in [0.1, 0.15) is 0 Å². The van der Waals surface area contributed by atoms with Crippen LogP contribution in [0, 0.1) is 6.92 Å². The molecule has 1 fully saturated rings. The van der Waals surface area contributed by atoms with E-state index in [2.05, 4.69) is 48.2 Å². The minimum Gasteiger partial charge on any atom is -0.327 e. The fourth-order valence-corrected chi connectivity index (χ4v) is 3.50. The molecular weight excluding hydrogens is 292 g/mol. The van der Waals surface area contributed by atoms with Crippen LogP contribution in [0.25, 0.3) is 0 Å². The first-order chi connectivity index (χ1) is 10.6. The lowest BCUT2D eigenvalue weighted by atomic mass is 9.87. The highest BCUT2D eigenvalue weighted by molar-refractivity contribution is 6.30. The van der Waals surface area contributed by atoms with E-state index in [0.717, 1.165) is 31.1 Å². The number of aryl methyl sites for hydroxylation is 1. The predicted molar refractivity (Wildman–Crippen MR) is 93.2 cm³/mol. The highest BCUT2D eigenvalue weighted by Gasteiger charge is 2.26. The van der Waals surface area contributed by atoms with Gasteiger partial charge in [0.25, 0.3) is 0 Å². The fraction of sp³-hybridized carbons (Fsp3) is 0.368. The third kappa shape index (κ3) is 3.89. The normalized spacial score (nSPS) is 22.7. The molecule has 1 aliphatic heterocycles. The van der Waals surface area contributed by atoms with Crippen molar-refractivity contribution in [2.75, 3.05) is 13.1 Å². The Morgan fingerprint density at radius 3 is 2.64 bits per heavy atom. The van der Waals surface area contributed by atoms with Crippen molar-refractivity contribution in [3.8, 4) is 0 Å². The molecule has 1 saturated heterocycles. The molecule has 0 saturated carbocycles. The van der Waals surface area contributed by atoms with Gasteiger partial charge < -0.3 is 5.73 Å². The lowest BCUT2D eigenvalue weighted by Gasteiger charge is -2.36. The average Bonchev–Trinajstić information content (AvgIpc) is 2.49. The van der Waals surface area contributed by atoms with Crippen LogP contribution in [0.2, 0.25) is 5.02 Å².